The summed E-state index contributed by atoms with van der Waals surface area (Å²) in [4.78, 5) is 2.16. The molecule has 0 aromatic heterocycles. The Labute approximate surface area is 94.1 Å². The highest BCUT2D eigenvalue weighted by atomic mass is 16.3. The van der Waals surface area contributed by atoms with Gasteiger partial charge in [-0.15, -0.1) is 0 Å². The van der Waals surface area contributed by atoms with Crippen LogP contribution in [0.1, 0.15) is 46.0 Å². The van der Waals surface area contributed by atoms with Crippen molar-refractivity contribution in [2.24, 2.45) is 0 Å². The van der Waals surface area contributed by atoms with E-state index in [0.29, 0.717) is 13.1 Å². The number of hydrogen-bond acceptors (Lipinski definition) is 3. The molecule has 0 radical (unpaired) electrons. The molecule has 1 unspecified atom stereocenters. The number of nitrogens with zero attached hydrogens (tertiary/aromatic N) is 1. The molecule has 0 amide bonds. The lowest BCUT2D eigenvalue weighted by atomic mass is 10.2. The van der Waals surface area contributed by atoms with Crippen molar-refractivity contribution < 1.29 is 10.2 Å². The fraction of sp³-hybridized carbons (Fsp3) is 1.00. The third kappa shape index (κ3) is 8.85. The van der Waals surface area contributed by atoms with E-state index in [2.05, 4.69) is 11.8 Å². The highest BCUT2D eigenvalue weighted by Gasteiger charge is 2.08. The average molecular weight is 217 g/mol. The highest BCUT2D eigenvalue weighted by Crippen LogP contribution is 2.03. The number of aliphatic hydroxyl groups is 2. The van der Waals surface area contributed by atoms with Crippen molar-refractivity contribution in [3.05, 3.63) is 0 Å². The van der Waals surface area contributed by atoms with E-state index < -0.39 is 0 Å². The second-order valence-corrected chi connectivity index (χ2v) is 4.15. The minimum absolute atomic E-state index is 0.185. The maximum absolute atomic E-state index is 9.53. The van der Waals surface area contributed by atoms with Crippen LogP contribution in [0.3, 0.4) is 0 Å². The molecule has 15 heavy (non-hydrogen) atoms. The predicted octanol–water partition coefficient (Wildman–Crippen LogP) is 1.63. The van der Waals surface area contributed by atoms with E-state index in [9.17, 15) is 5.11 Å². The molecule has 0 rings (SSSR count). The van der Waals surface area contributed by atoms with Gasteiger partial charge in [0, 0.05) is 13.1 Å². The molecule has 0 aromatic rings. The van der Waals surface area contributed by atoms with Crippen LogP contribution in [0.25, 0.3) is 0 Å². The number of unbranched alkanes of at least 4 members (excludes halogenated alkanes) is 3. The molecule has 0 bridgehead atoms. The minimum atomic E-state index is -0.247. The molecule has 92 valence electrons. The predicted molar refractivity (Wildman–Crippen MR) is 64.0 cm³/mol. The fourth-order valence-electron chi connectivity index (χ4n) is 1.63. The van der Waals surface area contributed by atoms with E-state index in [0.717, 1.165) is 13.0 Å². The Bertz CT molecular complexity index is 131. The second kappa shape index (κ2) is 10.4. The lowest BCUT2D eigenvalue weighted by molar-refractivity contribution is 0.0958. The van der Waals surface area contributed by atoms with Crippen molar-refractivity contribution in [1.29, 1.82) is 0 Å². The molecular formula is C12H27NO2. The average Bonchev–Trinajstić information content (AvgIpc) is 2.24. The fourth-order valence-corrected chi connectivity index (χ4v) is 1.63. The molecular weight excluding hydrogens is 190 g/mol. The Kier molecular flexibility index (Phi) is 10.3. The summed E-state index contributed by atoms with van der Waals surface area (Å²) in [6.07, 6.45) is 5.49. The van der Waals surface area contributed by atoms with E-state index in [1.54, 1.807) is 0 Å². The first kappa shape index (κ1) is 14.9. The Balaban J connectivity index is 3.62. The lowest BCUT2D eigenvalue weighted by Crippen LogP contribution is -2.35. The maximum atomic E-state index is 9.53. The zero-order chi connectivity index (χ0) is 11.5. The lowest BCUT2D eigenvalue weighted by Gasteiger charge is -2.23. The normalized spacial score (nSPS) is 13.4. The Morgan fingerprint density at radius 3 is 2.33 bits per heavy atom. The topological polar surface area (TPSA) is 43.7 Å². The van der Waals surface area contributed by atoms with Gasteiger partial charge in [-0.2, -0.15) is 0 Å². The molecule has 3 heteroatoms. The van der Waals surface area contributed by atoms with E-state index >= 15 is 0 Å². The quantitative estimate of drug-likeness (QED) is 0.547. The van der Waals surface area contributed by atoms with Crippen molar-refractivity contribution in [1.82, 2.24) is 4.90 Å². The van der Waals surface area contributed by atoms with Gasteiger partial charge in [0.25, 0.3) is 0 Å². The van der Waals surface area contributed by atoms with Crippen LogP contribution in [0, 0.1) is 0 Å². The molecule has 3 nitrogen and oxygen atoms in total. The molecule has 1 atom stereocenters. The summed E-state index contributed by atoms with van der Waals surface area (Å²) in [5.41, 5.74) is 0. The van der Waals surface area contributed by atoms with Crippen LogP contribution >= 0.6 is 0 Å². The third-order valence-electron chi connectivity index (χ3n) is 2.68. The highest BCUT2D eigenvalue weighted by molar-refractivity contribution is 4.63. The molecule has 0 aliphatic carbocycles. The van der Waals surface area contributed by atoms with E-state index in [1.165, 1.54) is 25.7 Å². The Morgan fingerprint density at radius 1 is 1.07 bits per heavy atom. The van der Waals surface area contributed by atoms with Crippen molar-refractivity contribution in [3.63, 3.8) is 0 Å². The zero-order valence-corrected chi connectivity index (χ0v) is 10.3. The maximum Gasteiger partial charge on any atom is 0.0664 e. The van der Waals surface area contributed by atoms with Gasteiger partial charge in [0.05, 0.1) is 12.7 Å². The SMILES string of the molecule is CCCCCCN(CCO)CC(O)CC. The van der Waals surface area contributed by atoms with Crippen molar-refractivity contribution in [2.45, 2.75) is 52.1 Å². The monoisotopic (exact) mass is 217 g/mol. The van der Waals surface area contributed by atoms with Gasteiger partial charge >= 0.3 is 0 Å². The summed E-state index contributed by atoms with van der Waals surface area (Å²) in [6, 6.07) is 0. The van der Waals surface area contributed by atoms with Crippen LogP contribution in [-0.4, -0.2) is 47.5 Å². The van der Waals surface area contributed by atoms with E-state index in [1.807, 2.05) is 6.92 Å². The van der Waals surface area contributed by atoms with Crippen LogP contribution < -0.4 is 0 Å². The number of aliphatic hydroxyl groups excluding tert-OH is 2. The van der Waals surface area contributed by atoms with Gasteiger partial charge in [-0.3, -0.25) is 4.90 Å². The van der Waals surface area contributed by atoms with Gasteiger partial charge in [0.1, 0.15) is 0 Å². The first-order valence-electron chi connectivity index (χ1n) is 6.25. The molecule has 0 aromatic carbocycles. The molecule has 0 fully saturated rings. The minimum Gasteiger partial charge on any atom is -0.395 e. The molecule has 0 spiro atoms. The number of hydrogen-bond donors (Lipinski definition) is 2. The van der Waals surface area contributed by atoms with Gasteiger partial charge in [-0.25, -0.2) is 0 Å². The van der Waals surface area contributed by atoms with E-state index in [-0.39, 0.29) is 12.7 Å². The first-order valence-corrected chi connectivity index (χ1v) is 6.25. The number of rotatable bonds is 10. The summed E-state index contributed by atoms with van der Waals surface area (Å²) in [6.45, 7) is 6.75. The van der Waals surface area contributed by atoms with Crippen LogP contribution in [0.2, 0.25) is 0 Å². The van der Waals surface area contributed by atoms with Gasteiger partial charge in [-0.05, 0) is 19.4 Å². The van der Waals surface area contributed by atoms with Crippen molar-refractivity contribution in [2.75, 3.05) is 26.2 Å². The van der Waals surface area contributed by atoms with E-state index in [4.69, 9.17) is 5.11 Å². The van der Waals surface area contributed by atoms with Crippen LogP contribution in [-0.2, 0) is 0 Å². The first-order chi connectivity index (χ1) is 7.24. The van der Waals surface area contributed by atoms with Crippen molar-refractivity contribution >= 4 is 0 Å². The standard InChI is InChI=1S/C12H27NO2/c1-3-5-6-7-8-13(9-10-14)11-12(15)4-2/h12,14-15H,3-11H2,1-2H3. The summed E-state index contributed by atoms with van der Waals surface area (Å²) in [7, 11) is 0. The van der Waals surface area contributed by atoms with Crippen molar-refractivity contribution in [3.8, 4) is 0 Å². The summed E-state index contributed by atoms with van der Waals surface area (Å²) < 4.78 is 0. The summed E-state index contributed by atoms with van der Waals surface area (Å²) in [5.74, 6) is 0. The third-order valence-corrected chi connectivity index (χ3v) is 2.68. The largest absolute Gasteiger partial charge is 0.395 e. The van der Waals surface area contributed by atoms with Crippen LogP contribution in [0.4, 0.5) is 0 Å². The smallest absolute Gasteiger partial charge is 0.0664 e. The van der Waals surface area contributed by atoms with Gasteiger partial charge in [0.15, 0.2) is 0 Å². The molecule has 0 aliphatic heterocycles. The van der Waals surface area contributed by atoms with Gasteiger partial charge in [-0.1, -0.05) is 33.1 Å². The van der Waals surface area contributed by atoms with Gasteiger partial charge < -0.3 is 10.2 Å². The second-order valence-electron chi connectivity index (χ2n) is 4.15. The molecule has 2 N–H and O–H groups in total. The van der Waals surface area contributed by atoms with Crippen LogP contribution in [0.5, 0.6) is 0 Å². The summed E-state index contributed by atoms with van der Waals surface area (Å²) in [5, 5.41) is 18.4. The van der Waals surface area contributed by atoms with Gasteiger partial charge in [0.2, 0.25) is 0 Å². The Hall–Kier alpha value is -0.120. The zero-order valence-electron chi connectivity index (χ0n) is 10.3. The van der Waals surface area contributed by atoms with Crippen LogP contribution in [0.15, 0.2) is 0 Å². The molecule has 0 aliphatic rings. The summed E-state index contributed by atoms with van der Waals surface area (Å²) >= 11 is 0. The molecule has 0 saturated heterocycles. The molecule has 0 saturated carbocycles. The Morgan fingerprint density at radius 2 is 1.80 bits per heavy atom. The molecule has 0 heterocycles.